The number of carbonyl (C=O) groups is 1. The number of hydrogen-bond donors (Lipinski definition) is 1. The Morgan fingerprint density at radius 3 is 2.81 bits per heavy atom. The standard InChI is InChI=1S/C11H21NO3S/c1-11(2)4-5-12(6-7-16-11)9(8-15-3)10(13)14/h9H,4-8H2,1-3H3,(H,13,14). The van der Waals surface area contributed by atoms with E-state index in [-0.39, 0.29) is 11.4 Å². The zero-order chi connectivity index (χ0) is 12.2. The largest absolute Gasteiger partial charge is 0.480 e. The van der Waals surface area contributed by atoms with Crippen molar-refractivity contribution in [1.82, 2.24) is 4.90 Å². The van der Waals surface area contributed by atoms with Crippen LogP contribution in [-0.4, -0.2) is 59.3 Å². The molecule has 5 heteroatoms. The number of carboxylic acids is 1. The first-order valence-corrected chi connectivity index (χ1v) is 6.54. The molecule has 0 radical (unpaired) electrons. The van der Waals surface area contributed by atoms with Gasteiger partial charge in [0.15, 0.2) is 0 Å². The zero-order valence-electron chi connectivity index (χ0n) is 10.2. The third-order valence-electron chi connectivity index (χ3n) is 2.92. The highest BCUT2D eigenvalue weighted by Gasteiger charge is 2.30. The van der Waals surface area contributed by atoms with Crippen molar-refractivity contribution in [3.63, 3.8) is 0 Å². The molecule has 0 bridgehead atoms. The Hall–Kier alpha value is -0.260. The summed E-state index contributed by atoms with van der Waals surface area (Å²) in [4.78, 5) is 13.2. The first-order chi connectivity index (χ1) is 7.46. The summed E-state index contributed by atoms with van der Waals surface area (Å²) in [6, 6.07) is -0.500. The van der Waals surface area contributed by atoms with Crippen molar-refractivity contribution in [2.45, 2.75) is 31.1 Å². The average molecular weight is 247 g/mol. The van der Waals surface area contributed by atoms with Gasteiger partial charge in [0, 0.05) is 30.7 Å². The molecule has 1 N–H and O–H groups in total. The zero-order valence-corrected chi connectivity index (χ0v) is 11.0. The monoisotopic (exact) mass is 247 g/mol. The second-order valence-corrected chi connectivity index (χ2v) is 6.51. The van der Waals surface area contributed by atoms with Gasteiger partial charge in [-0.25, -0.2) is 0 Å². The second kappa shape index (κ2) is 5.89. The van der Waals surface area contributed by atoms with Crippen LogP contribution >= 0.6 is 11.8 Å². The van der Waals surface area contributed by atoms with Gasteiger partial charge < -0.3 is 9.84 Å². The van der Waals surface area contributed by atoms with Crippen molar-refractivity contribution in [3.8, 4) is 0 Å². The Labute approximate surface area is 101 Å². The van der Waals surface area contributed by atoms with Crippen LogP contribution in [0.15, 0.2) is 0 Å². The van der Waals surface area contributed by atoms with Crippen LogP contribution in [0.2, 0.25) is 0 Å². The van der Waals surface area contributed by atoms with Crippen molar-refractivity contribution >= 4 is 17.7 Å². The Morgan fingerprint density at radius 2 is 2.25 bits per heavy atom. The summed E-state index contributed by atoms with van der Waals surface area (Å²) < 4.78 is 5.24. The summed E-state index contributed by atoms with van der Waals surface area (Å²) in [7, 11) is 1.55. The minimum atomic E-state index is -0.786. The number of aliphatic carboxylic acids is 1. The Balaban J connectivity index is 2.61. The number of ether oxygens (including phenoxy) is 1. The lowest BCUT2D eigenvalue weighted by Crippen LogP contribution is -2.45. The molecule has 4 nitrogen and oxygen atoms in total. The van der Waals surface area contributed by atoms with Crippen LogP contribution < -0.4 is 0 Å². The lowest BCUT2D eigenvalue weighted by atomic mass is 10.1. The Bertz CT molecular complexity index is 245. The van der Waals surface area contributed by atoms with Gasteiger partial charge >= 0.3 is 5.97 Å². The molecule has 1 unspecified atom stereocenters. The van der Waals surface area contributed by atoms with Gasteiger partial charge in [-0.15, -0.1) is 0 Å². The van der Waals surface area contributed by atoms with E-state index in [2.05, 4.69) is 13.8 Å². The molecule has 0 aromatic carbocycles. The minimum Gasteiger partial charge on any atom is -0.480 e. The molecule has 1 heterocycles. The van der Waals surface area contributed by atoms with Gasteiger partial charge in [0.1, 0.15) is 6.04 Å². The lowest BCUT2D eigenvalue weighted by molar-refractivity contribution is -0.145. The van der Waals surface area contributed by atoms with E-state index < -0.39 is 12.0 Å². The molecule has 0 spiro atoms. The van der Waals surface area contributed by atoms with E-state index in [0.717, 1.165) is 25.3 Å². The molecule has 16 heavy (non-hydrogen) atoms. The van der Waals surface area contributed by atoms with E-state index in [1.54, 1.807) is 7.11 Å². The molecular formula is C11H21NO3S. The van der Waals surface area contributed by atoms with Gasteiger partial charge in [-0.3, -0.25) is 9.69 Å². The quantitative estimate of drug-likeness (QED) is 0.811. The first kappa shape index (κ1) is 13.8. The van der Waals surface area contributed by atoms with Crippen LogP contribution in [0.25, 0.3) is 0 Å². The van der Waals surface area contributed by atoms with E-state index in [1.165, 1.54) is 0 Å². The van der Waals surface area contributed by atoms with Gasteiger partial charge in [-0.2, -0.15) is 11.8 Å². The third kappa shape index (κ3) is 3.96. The summed E-state index contributed by atoms with van der Waals surface area (Å²) in [5.74, 6) is 0.201. The van der Waals surface area contributed by atoms with Gasteiger partial charge in [0.05, 0.1) is 6.61 Å². The van der Waals surface area contributed by atoms with Crippen molar-refractivity contribution in [1.29, 1.82) is 0 Å². The SMILES string of the molecule is COCC(C(=O)O)N1CCSC(C)(C)CC1. The Kier molecular flexibility index (Phi) is 5.08. The molecule has 0 saturated carbocycles. The highest BCUT2D eigenvalue weighted by atomic mass is 32.2. The molecule has 1 aliphatic heterocycles. The molecule has 94 valence electrons. The topological polar surface area (TPSA) is 49.8 Å². The van der Waals surface area contributed by atoms with Crippen LogP contribution in [0.4, 0.5) is 0 Å². The third-order valence-corrected chi connectivity index (χ3v) is 4.30. The summed E-state index contributed by atoms with van der Waals surface area (Å²) >= 11 is 1.92. The molecule has 1 atom stereocenters. The smallest absolute Gasteiger partial charge is 0.323 e. The minimum absolute atomic E-state index is 0.255. The maximum atomic E-state index is 11.1. The normalized spacial score (nSPS) is 23.7. The van der Waals surface area contributed by atoms with E-state index in [9.17, 15) is 4.79 Å². The molecule has 0 aliphatic carbocycles. The predicted molar refractivity (Wildman–Crippen MR) is 66.0 cm³/mol. The van der Waals surface area contributed by atoms with Gasteiger partial charge in [-0.05, 0) is 6.42 Å². The molecule has 1 rings (SSSR count). The summed E-state index contributed by atoms with van der Waals surface area (Å²) in [5.41, 5.74) is 0. The number of thioether (sulfide) groups is 1. The van der Waals surface area contributed by atoms with Crippen molar-refractivity contribution in [2.75, 3.05) is 32.6 Å². The van der Waals surface area contributed by atoms with Crippen LogP contribution in [0.1, 0.15) is 20.3 Å². The number of nitrogens with zero attached hydrogens (tertiary/aromatic N) is 1. The fraction of sp³-hybridized carbons (Fsp3) is 0.909. The molecule has 1 saturated heterocycles. The molecule has 1 aliphatic rings. The Morgan fingerprint density at radius 1 is 1.56 bits per heavy atom. The van der Waals surface area contributed by atoms with E-state index >= 15 is 0 Å². The number of rotatable bonds is 4. The van der Waals surface area contributed by atoms with Crippen LogP contribution in [0.3, 0.4) is 0 Å². The van der Waals surface area contributed by atoms with Gasteiger partial charge in [-0.1, -0.05) is 13.8 Å². The van der Waals surface area contributed by atoms with E-state index in [1.807, 2.05) is 16.7 Å². The van der Waals surface area contributed by atoms with Gasteiger partial charge in [0.2, 0.25) is 0 Å². The van der Waals surface area contributed by atoms with E-state index in [4.69, 9.17) is 9.84 Å². The van der Waals surface area contributed by atoms with Crippen molar-refractivity contribution in [2.24, 2.45) is 0 Å². The lowest BCUT2D eigenvalue weighted by Gasteiger charge is -2.27. The summed E-state index contributed by atoms with van der Waals surface area (Å²) in [6.45, 7) is 6.36. The first-order valence-electron chi connectivity index (χ1n) is 5.56. The second-order valence-electron chi connectivity index (χ2n) is 4.70. The maximum Gasteiger partial charge on any atom is 0.323 e. The van der Waals surface area contributed by atoms with Crippen LogP contribution in [0.5, 0.6) is 0 Å². The molecule has 0 aromatic rings. The number of methoxy groups -OCH3 is 1. The highest BCUT2D eigenvalue weighted by Crippen LogP contribution is 2.31. The summed E-state index contributed by atoms with van der Waals surface area (Å²) in [5, 5.41) is 9.15. The average Bonchev–Trinajstić information content (AvgIpc) is 2.35. The van der Waals surface area contributed by atoms with Crippen molar-refractivity contribution in [3.05, 3.63) is 0 Å². The van der Waals surface area contributed by atoms with Crippen LogP contribution in [0, 0.1) is 0 Å². The number of hydrogen-bond acceptors (Lipinski definition) is 4. The molecule has 0 aromatic heterocycles. The van der Waals surface area contributed by atoms with Crippen molar-refractivity contribution < 1.29 is 14.6 Å². The highest BCUT2D eigenvalue weighted by molar-refractivity contribution is 8.00. The predicted octanol–water partition coefficient (Wildman–Crippen LogP) is 1.30. The maximum absolute atomic E-state index is 11.1. The fourth-order valence-electron chi connectivity index (χ4n) is 1.84. The molecule has 1 fully saturated rings. The van der Waals surface area contributed by atoms with Crippen LogP contribution in [-0.2, 0) is 9.53 Å². The fourth-order valence-corrected chi connectivity index (χ4v) is 2.95. The number of carboxylic acid groups (broad SMARTS) is 1. The summed E-state index contributed by atoms with van der Waals surface area (Å²) in [6.07, 6.45) is 1.02. The van der Waals surface area contributed by atoms with E-state index in [0.29, 0.717) is 0 Å². The molecule has 0 amide bonds. The molecular weight excluding hydrogens is 226 g/mol. The van der Waals surface area contributed by atoms with Gasteiger partial charge in [0.25, 0.3) is 0 Å².